The molecule has 2 atom stereocenters. The van der Waals surface area contributed by atoms with Crippen LogP contribution in [-0.4, -0.2) is 68.0 Å². The fraction of sp³-hybridized carbons (Fsp3) is 1.00. The van der Waals surface area contributed by atoms with Crippen LogP contribution in [0.3, 0.4) is 0 Å². The van der Waals surface area contributed by atoms with Gasteiger partial charge in [0.2, 0.25) is 0 Å². The summed E-state index contributed by atoms with van der Waals surface area (Å²) in [4.78, 5) is 0. The van der Waals surface area contributed by atoms with Crippen molar-refractivity contribution in [2.75, 3.05) is 52.0 Å². The monoisotopic (exact) mass is 452 g/mol. The van der Waals surface area contributed by atoms with Crippen LogP contribution in [0, 0.1) is 0 Å². The Labute approximate surface area is 175 Å². The zero-order chi connectivity index (χ0) is 20.6. The summed E-state index contributed by atoms with van der Waals surface area (Å²) in [5.74, 6) is 0. The Balaban J connectivity index is 5.01. The second-order valence-electron chi connectivity index (χ2n) is 6.83. The maximum absolute atomic E-state index is 9.93. The molecule has 0 saturated heterocycles. The van der Waals surface area contributed by atoms with Gasteiger partial charge in [-0.25, -0.2) is 0 Å². The van der Waals surface area contributed by atoms with Crippen molar-refractivity contribution in [2.45, 2.75) is 64.1 Å². The average Bonchev–Trinajstić information content (AvgIpc) is 2.60. The minimum absolute atomic E-state index is 0.256. The van der Waals surface area contributed by atoms with Gasteiger partial charge in [-0.2, -0.15) is 0 Å². The average molecular weight is 453 g/mol. The predicted octanol–water partition coefficient (Wildman–Crippen LogP) is 5.70. The third kappa shape index (κ3) is 12.1. The number of hydrogen-bond donors (Lipinski definition) is 1. The Kier molecular flexibility index (Phi) is 16.0. The van der Waals surface area contributed by atoms with Crippen molar-refractivity contribution in [3.63, 3.8) is 0 Å². The first-order valence-electron chi connectivity index (χ1n) is 9.92. The predicted molar refractivity (Wildman–Crippen MR) is 114 cm³/mol. The van der Waals surface area contributed by atoms with Gasteiger partial charge in [0.25, 0.3) is 0 Å². The molecule has 0 aliphatic carbocycles. The topological polar surface area (TPSA) is 66.4 Å². The molecule has 9 heteroatoms. The second-order valence-corrected chi connectivity index (χ2v) is 12.2. The Morgan fingerprint density at radius 1 is 0.741 bits per heavy atom. The fourth-order valence-electron chi connectivity index (χ4n) is 2.76. The van der Waals surface area contributed by atoms with Gasteiger partial charge in [-0.3, -0.25) is 0 Å². The van der Waals surface area contributed by atoms with E-state index in [4.69, 9.17) is 46.4 Å². The molecule has 0 aliphatic rings. The molecular formula is C18H39Cl2O6P. The van der Waals surface area contributed by atoms with Crippen molar-refractivity contribution < 1.29 is 28.5 Å². The zero-order valence-corrected chi connectivity index (χ0v) is 19.7. The van der Waals surface area contributed by atoms with E-state index >= 15 is 0 Å². The molecule has 6 nitrogen and oxygen atoms in total. The van der Waals surface area contributed by atoms with Gasteiger partial charge in [0, 0.05) is 0 Å². The van der Waals surface area contributed by atoms with E-state index in [2.05, 4.69) is 13.8 Å². The third-order valence-electron chi connectivity index (χ3n) is 3.71. The molecule has 0 aliphatic heterocycles. The van der Waals surface area contributed by atoms with Crippen LogP contribution in [0.5, 0.6) is 0 Å². The molecule has 0 radical (unpaired) electrons. The second kappa shape index (κ2) is 15.6. The molecule has 0 heterocycles. The number of ether oxygens (including phenoxy) is 2. The van der Waals surface area contributed by atoms with Crippen LogP contribution in [-0.2, 0) is 23.2 Å². The van der Waals surface area contributed by atoms with Gasteiger partial charge < -0.3 is 0 Å². The maximum atomic E-state index is 9.93. The summed E-state index contributed by atoms with van der Waals surface area (Å²) in [7, 11) is -3.90. The molecule has 0 bridgehead atoms. The van der Waals surface area contributed by atoms with E-state index in [0.29, 0.717) is 52.5 Å². The number of rotatable bonds is 19. The summed E-state index contributed by atoms with van der Waals surface area (Å²) in [6, 6.07) is 0. The van der Waals surface area contributed by atoms with Gasteiger partial charge in [-0.15, -0.1) is 0 Å². The van der Waals surface area contributed by atoms with E-state index < -0.39 is 7.28 Å². The van der Waals surface area contributed by atoms with Gasteiger partial charge in [0.15, 0.2) is 0 Å². The molecule has 27 heavy (non-hydrogen) atoms. The summed E-state index contributed by atoms with van der Waals surface area (Å²) in [6.45, 7) is 11.0. The summed E-state index contributed by atoms with van der Waals surface area (Å²) < 4.78 is 28.3. The van der Waals surface area contributed by atoms with Crippen molar-refractivity contribution in [1.82, 2.24) is 0 Å². The Hall–Kier alpha value is 0.770. The van der Waals surface area contributed by atoms with E-state index in [0.717, 1.165) is 12.8 Å². The first-order valence-corrected chi connectivity index (χ1v) is 13.1. The molecule has 166 valence electrons. The molecule has 0 aromatic carbocycles. The van der Waals surface area contributed by atoms with Crippen LogP contribution < -0.4 is 0 Å². The van der Waals surface area contributed by atoms with Crippen LogP contribution in [0.15, 0.2) is 0 Å². The van der Waals surface area contributed by atoms with E-state index in [1.165, 1.54) is 0 Å². The van der Waals surface area contributed by atoms with Crippen molar-refractivity contribution in [3.8, 4) is 0 Å². The summed E-state index contributed by atoms with van der Waals surface area (Å²) >= 11 is 12.5. The van der Waals surface area contributed by atoms with Gasteiger partial charge in [-0.05, 0) is 0 Å². The van der Waals surface area contributed by atoms with Gasteiger partial charge in [-0.1, -0.05) is 0 Å². The zero-order valence-electron chi connectivity index (χ0n) is 17.3. The fourth-order valence-corrected chi connectivity index (χ4v) is 8.25. The van der Waals surface area contributed by atoms with Gasteiger partial charge in [0.1, 0.15) is 0 Å². The van der Waals surface area contributed by atoms with Crippen molar-refractivity contribution in [3.05, 3.63) is 0 Å². The standard InChI is InChI=1S/C18H39Cl2O6P/c1-5-9-22-11-7-13-24-27(26-21,15-17(3)19,16-18(4)20)25-14-8-12-23-10-6-2/h17-18,21H,5-16H2,1-4H3. The summed E-state index contributed by atoms with van der Waals surface area (Å²) in [6.07, 6.45) is 3.78. The molecule has 2 unspecified atom stereocenters. The van der Waals surface area contributed by atoms with Crippen LogP contribution in [0.1, 0.15) is 53.4 Å². The molecule has 0 fully saturated rings. The SMILES string of the molecule is CCCOCCCOP(CC(C)Cl)(CC(C)Cl)(OO)OCCCOCCC. The number of alkyl halides is 2. The van der Waals surface area contributed by atoms with E-state index in [1.54, 1.807) is 0 Å². The van der Waals surface area contributed by atoms with Crippen LogP contribution >= 0.6 is 30.5 Å². The molecule has 0 saturated carbocycles. The number of hydrogen-bond acceptors (Lipinski definition) is 6. The van der Waals surface area contributed by atoms with Crippen molar-refractivity contribution in [2.24, 2.45) is 0 Å². The Morgan fingerprint density at radius 2 is 1.15 bits per heavy atom. The van der Waals surface area contributed by atoms with E-state index in [1.807, 2.05) is 13.8 Å². The summed E-state index contributed by atoms with van der Waals surface area (Å²) in [5.41, 5.74) is 0. The van der Waals surface area contributed by atoms with Gasteiger partial charge >= 0.3 is 175 Å². The third-order valence-corrected chi connectivity index (χ3v) is 8.84. The molecule has 0 rings (SSSR count). The normalized spacial score (nSPS) is 16.0. The number of halogens is 2. The Bertz CT molecular complexity index is 331. The van der Waals surface area contributed by atoms with Crippen LogP contribution in [0.4, 0.5) is 0 Å². The minimum atomic E-state index is -3.90. The Morgan fingerprint density at radius 3 is 1.44 bits per heavy atom. The van der Waals surface area contributed by atoms with Crippen LogP contribution in [0.2, 0.25) is 0 Å². The van der Waals surface area contributed by atoms with Crippen LogP contribution in [0.25, 0.3) is 0 Å². The quantitative estimate of drug-likeness (QED) is 0.0891. The molecule has 0 aromatic rings. The molecule has 1 N–H and O–H groups in total. The first-order chi connectivity index (χ1) is 12.8. The van der Waals surface area contributed by atoms with E-state index in [-0.39, 0.29) is 23.1 Å². The molecular weight excluding hydrogens is 414 g/mol. The molecule has 0 spiro atoms. The van der Waals surface area contributed by atoms with Crippen molar-refractivity contribution >= 4 is 30.5 Å². The van der Waals surface area contributed by atoms with Crippen molar-refractivity contribution in [1.29, 1.82) is 0 Å². The first kappa shape index (κ1) is 27.8. The van der Waals surface area contributed by atoms with E-state index in [9.17, 15) is 5.26 Å². The van der Waals surface area contributed by atoms with Gasteiger partial charge in [0.05, 0.1) is 0 Å². The molecule has 0 aromatic heterocycles. The summed E-state index contributed by atoms with van der Waals surface area (Å²) in [5, 5.41) is 9.32. The molecule has 0 amide bonds.